The second kappa shape index (κ2) is 4.52. The molecule has 0 nitrogen and oxygen atoms in total. The van der Waals surface area contributed by atoms with Gasteiger partial charge in [-0.15, -0.1) is 0 Å². The minimum atomic E-state index is 0. The Kier molecular flexibility index (Phi) is 4.76. The summed E-state index contributed by atoms with van der Waals surface area (Å²) in [6, 6.07) is 0. The van der Waals surface area contributed by atoms with Gasteiger partial charge in [0, 0.05) is 19.5 Å². The van der Waals surface area contributed by atoms with Crippen LogP contribution in [0.4, 0.5) is 0 Å². The number of allylic oxidation sites excluding steroid dienone is 2. The largest absolute Gasteiger partial charge is 0.0885 e. The van der Waals surface area contributed by atoms with Crippen LogP contribution in [0.2, 0.25) is 0 Å². The van der Waals surface area contributed by atoms with Crippen LogP contribution in [0.15, 0.2) is 12.2 Å². The predicted octanol–water partition coefficient (Wildman–Crippen LogP) is 2.11. The van der Waals surface area contributed by atoms with E-state index >= 15 is 0 Å². The first-order valence-corrected chi connectivity index (χ1v) is 2.65. The first-order chi connectivity index (χ1) is 3.00. The van der Waals surface area contributed by atoms with E-state index in [9.17, 15) is 0 Å². The molecule has 0 aromatic carbocycles. The summed E-state index contributed by atoms with van der Waals surface area (Å²) >= 11 is 0. The number of hydrogen-bond acceptors (Lipinski definition) is 0. The molecule has 42 valence electrons. The summed E-state index contributed by atoms with van der Waals surface area (Å²) in [6.07, 6.45) is 10.0. The summed E-state index contributed by atoms with van der Waals surface area (Å²) in [6.45, 7) is 0. The molecule has 0 heterocycles. The fourth-order valence-corrected chi connectivity index (χ4v) is 0.760. The average molecular weight is 183 g/mol. The van der Waals surface area contributed by atoms with Gasteiger partial charge in [0.25, 0.3) is 0 Å². The molecule has 0 saturated carbocycles. The van der Waals surface area contributed by atoms with Crippen molar-refractivity contribution in [1.82, 2.24) is 0 Å². The van der Waals surface area contributed by atoms with Gasteiger partial charge in [-0.3, -0.25) is 0 Å². The van der Waals surface area contributed by atoms with Crippen molar-refractivity contribution in [3.8, 4) is 0 Å². The van der Waals surface area contributed by atoms with E-state index in [-0.39, 0.29) is 19.5 Å². The topological polar surface area (TPSA) is 0 Å². The second-order valence-electron chi connectivity index (χ2n) is 1.76. The van der Waals surface area contributed by atoms with Crippen LogP contribution in [0.25, 0.3) is 0 Å². The Labute approximate surface area is 57.8 Å². The van der Waals surface area contributed by atoms with Crippen LogP contribution in [0.1, 0.15) is 25.7 Å². The Morgan fingerprint density at radius 3 is 1.43 bits per heavy atom. The van der Waals surface area contributed by atoms with Crippen molar-refractivity contribution in [2.75, 3.05) is 0 Å². The van der Waals surface area contributed by atoms with Crippen LogP contribution in [0.5, 0.6) is 0 Å². The van der Waals surface area contributed by atoms with Gasteiger partial charge in [0.1, 0.15) is 0 Å². The third kappa shape index (κ3) is 2.99. The molecule has 0 radical (unpaired) electrons. The Hall–Kier alpha value is 0.363. The van der Waals surface area contributed by atoms with E-state index in [1.54, 1.807) is 0 Å². The molecule has 1 aliphatic carbocycles. The Morgan fingerprint density at radius 2 is 1.29 bits per heavy atom. The third-order valence-electron chi connectivity index (χ3n) is 1.16. The maximum atomic E-state index is 2.27. The molecule has 0 aromatic heterocycles. The van der Waals surface area contributed by atoms with Gasteiger partial charge in [0.05, 0.1) is 0 Å². The second-order valence-corrected chi connectivity index (χ2v) is 1.76. The van der Waals surface area contributed by atoms with Gasteiger partial charge in [0.2, 0.25) is 0 Å². The first kappa shape index (κ1) is 7.36. The summed E-state index contributed by atoms with van der Waals surface area (Å²) in [5, 5.41) is 0. The SMILES string of the molecule is C1=CCCCC1.[Ru]. The van der Waals surface area contributed by atoms with Gasteiger partial charge in [-0.1, -0.05) is 12.2 Å². The molecular weight excluding hydrogens is 173 g/mol. The van der Waals surface area contributed by atoms with Crippen molar-refractivity contribution < 1.29 is 19.5 Å². The van der Waals surface area contributed by atoms with Crippen LogP contribution in [-0.2, 0) is 19.5 Å². The molecule has 0 unspecified atom stereocenters. The van der Waals surface area contributed by atoms with Gasteiger partial charge < -0.3 is 0 Å². The van der Waals surface area contributed by atoms with Gasteiger partial charge in [-0.25, -0.2) is 0 Å². The molecular formula is C6H10Ru. The molecule has 0 atom stereocenters. The number of rotatable bonds is 0. The van der Waals surface area contributed by atoms with Crippen molar-refractivity contribution in [3.63, 3.8) is 0 Å². The maximum Gasteiger partial charge on any atom is 0 e. The van der Waals surface area contributed by atoms with Crippen LogP contribution >= 0.6 is 0 Å². The zero-order valence-corrected chi connectivity index (χ0v) is 6.07. The molecule has 0 spiro atoms. The zero-order valence-electron chi connectivity index (χ0n) is 4.34. The first-order valence-electron chi connectivity index (χ1n) is 2.65. The van der Waals surface area contributed by atoms with E-state index in [4.69, 9.17) is 0 Å². The normalized spacial score (nSPS) is 18.3. The van der Waals surface area contributed by atoms with Crippen LogP contribution in [-0.4, -0.2) is 0 Å². The van der Waals surface area contributed by atoms with Gasteiger partial charge in [-0.05, 0) is 25.7 Å². The Morgan fingerprint density at radius 1 is 0.857 bits per heavy atom. The van der Waals surface area contributed by atoms with Crippen molar-refractivity contribution in [1.29, 1.82) is 0 Å². The van der Waals surface area contributed by atoms with E-state index in [1.807, 2.05) is 0 Å². The van der Waals surface area contributed by atoms with E-state index in [0.29, 0.717) is 0 Å². The molecule has 0 amide bonds. The smallest absolute Gasteiger partial charge is 0 e. The van der Waals surface area contributed by atoms with E-state index < -0.39 is 0 Å². The summed E-state index contributed by atoms with van der Waals surface area (Å²) in [7, 11) is 0. The average Bonchev–Trinajstić information content (AvgIpc) is 1.72. The van der Waals surface area contributed by atoms with Gasteiger partial charge in [0.15, 0.2) is 0 Å². The van der Waals surface area contributed by atoms with Crippen LogP contribution in [0.3, 0.4) is 0 Å². The summed E-state index contributed by atoms with van der Waals surface area (Å²) in [5.41, 5.74) is 0. The van der Waals surface area contributed by atoms with E-state index in [2.05, 4.69) is 12.2 Å². The van der Waals surface area contributed by atoms with Crippen molar-refractivity contribution in [2.45, 2.75) is 25.7 Å². The van der Waals surface area contributed by atoms with Crippen LogP contribution in [0, 0.1) is 0 Å². The quantitative estimate of drug-likeness (QED) is 0.398. The monoisotopic (exact) mass is 184 g/mol. The van der Waals surface area contributed by atoms with E-state index in [0.717, 1.165) is 0 Å². The Balaban J connectivity index is 0.000000360. The molecule has 1 rings (SSSR count). The molecule has 0 aromatic rings. The zero-order chi connectivity index (χ0) is 4.24. The minimum absolute atomic E-state index is 0. The molecule has 0 N–H and O–H groups in total. The molecule has 1 heteroatoms. The minimum Gasteiger partial charge on any atom is -0.0885 e. The maximum absolute atomic E-state index is 2.27. The number of hydrogen-bond donors (Lipinski definition) is 0. The molecule has 7 heavy (non-hydrogen) atoms. The molecule has 1 aliphatic rings. The molecule has 0 fully saturated rings. The van der Waals surface area contributed by atoms with Crippen molar-refractivity contribution in [3.05, 3.63) is 12.2 Å². The fraction of sp³-hybridized carbons (Fsp3) is 0.667. The summed E-state index contributed by atoms with van der Waals surface area (Å²) in [4.78, 5) is 0. The summed E-state index contributed by atoms with van der Waals surface area (Å²) in [5.74, 6) is 0. The standard InChI is InChI=1S/C6H10.Ru/c1-2-4-6-5-3-1;/h1-2H,3-6H2;. The molecule has 0 aliphatic heterocycles. The molecule has 0 bridgehead atoms. The van der Waals surface area contributed by atoms with E-state index in [1.165, 1.54) is 25.7 Å². The van der Waals surface area contributed by atoms with Gasteiger partial charge in [-0.2, -0.15) is 0 Å². The van der Waals surface area contributed by atoms with Crippen LogP contribution < -0.4 is 0 Å². The van der Waals surface area contributed by atoms with Crippen molar-refractivity contribution >= 4 is 0 Å². The third-order valence-corrected chi connectivity index (χ3v) is 1.16. The van der Waals surface area contributed by atoms with Gasteiger partial charge >= 0.3 is 0 Å². The predicted molar refractivity (Wildman–Crippen MR) is 27.6 cm³/mol. The Bertz CT molecular complexity index is 49.2. The van der Waals surface area contributed by atoms with Crippen molar-refractivity contribution in [2.24, 2.45) is 0 Å². The fourth-order valence-electron chi connectivity index (χ4n) is 0.760. The summed E-state index contributed by atoms with van der Waals surface area (Å²) < 4.78 is 0. The molecule has 0 saturated heterocycles.